The van der Waals surface area contributed by atoms with Crippen molar-refractivity contribution in [1.29, 1.82) is 0 Å². The largest absolute Gasteiger partial charge is 0.465 e. The van der Waals surface area contributed by atoms with E-state index in [9.17, 15) is 9.59 Å². The standard InChI is InChI=1S/C20H26O4/c1-3-23-18(21)20(19(22)24-4-2)13-8-11-17(12-14-20)15-16-9-6-5-7-10-16/h5-7,9-10,12H,3-4,8,11,13-15H2,1-2H3. The molecule has 1 aromatic carbocycles. The van der Waals surface area contributed by atoms with Gasteiger partial charge in [-0.2, -0.15) is 0 Å². The number of ether oxygens (including phenoxy) is 2. The molecule has 0 amide bonds. The van der Waals surface area contributed by atoms with Crippen molar-refractivity contribution < 1.29 is 19.1 Å². The average molecular weight is 330 g/mol. The quantitative estimate of drug-likeness (QED) is 0.452. The molecule has 0 saturated heterocycles. The van der Waals surface area contributed by atoms with Crippen LogP contribution in [0.2, 0.25) is 0 Å². The van der Waals surface area contributed by atoms with Crippen LogP contribution in [-0.2, 0) is 25.5 Å². The molecule has 0 bridgehead atoms. The highest BCUT2D eigenvalue weighted by atomic mass is 16.6. The first-order valence-electron chi connectivity index (χ1n) is 8.68. The van der Waals surface area contributed by atoms with Gasteiger partial charge in [-0.3, -0.25) is 9.59 Å². The molecule has 0 aliphatic heterocycles. The van der Waals surface area contributed by atoms with Crippen molar-refractivity contribution >= 4 is 11.9 Å². The lowest BCUT2D eigenvalue weighted by atomic mass is 9.80. The zero-order chi connectivity index (χ0) is 17.4. The van der Waals surface area contributed by atoms with Crippen LogP contribution in [0.5, 0.6) is 0 Å². The van der Waals surface area contributed by atoms with Crippen molar-refractivity contribution in [1.82, 2.24) is 0 Å². The normalized spacial score (nSPS) is 16.7. The summed E-state index contributed by atoms with van der Waals surface area (Å²) in [5.74, 6) is -0.915. The number of allylic oxidation sites excluding steroid dienone is 2. The van der Waals surface area contributed by atoms with Crippen LogP contribution in [0.4, 0.5) is 0 Å². The van der Waals surface area contributed by atoms with Gasteiger partial charge in [0.25, 0.3) is 0 Å². The molecule has 0 spiro atoms. The first-order valence-corrected chi connectivity index (χ1v) is 8.68. The van der Waals surface area contributed by atoms with E-state index in [4.69, 9.17) is 9.47 Å². The minimum atomic E-state index is -1.19. The fourth-order valence-electron chi connectivity index (χ4n) is 3.15. The summed E-state index contributed by atoms with van der Waals surface area (Å²) >= 11 is 0. The number of hydrogen-bond acceptors (Lipinski definition) is 4. The molecular formula is C20H26O4. The van der Waals surface area contributed by atoms with E-state index >= 15 is 0 Å². The van der Waals surface area contributed by atoms with E-state index in [0.29, 0.717) is 12.8 Å². The Morgan fingerprint density at radius 3 is 2.25 bits per heavy atom. The molecule has 0 fully saturated rings. The summed E-state index contributed by atoms with van der Waals surface area (Å²) in [5.41, 5.74) is 1.31. The van der Waals surface area contributed by atoms with Crippen LogP contribution in [0.3, 0.4) is 0 Å². The van der Waals surface area contributed by atoms with E-state index in [1.165, 1.54) is 11.1 Å². The van der Waals surface area contributed by atoms with E-state index in [-0.39, 0.29) is 13.2 Å². The molecular weight excluding hydrogens is 304 g/mol. The molecule has 130 valence electrons. The topological polar surface area (TPSA) is 52.6 Å². The number of hydrogen-bond donors (Lipinski definition) is 0. The van der Waals surface area contributed by atoms with Gasteiger partial charge in [0.1, 0.15) is 0 Å². The predicted octanol–water partition coefficient (Wildman–Crippen LogP) is 3.84. The molecule has 0 atom stereocenters. The summed E-state index contributed by atoms with van der Waals surface area (Å²) in [4.78, 5) is 25.0. The van der Waals surface area contributed by atoms with Crippen LogP contribution >= 0.6 is 0 Å². The van der Waals surface area contributed by atoms with Crippen molar-refractivity contribution in [3.05, 3.63) is 47.5 Å². The van der Waals surface area contributed by atoms with Crippen molar-refractivity contribution in [2.24, 2.45) is 5.41 Å². The Hall–Kier alpha value is -2.10. The van der Waals surface area contributed by atoms with Gasteiger partial charge < -0.3 is 9.47 Å². The number of carbonyl (C=O) groups is 2. The number of esters is 2. The van der Waals surface area contributed by atoms with Gasteiger partial charge in [0.2, 0.25) is 0 Å². The lowest BCUT2D eigenvalue weighted by molar-refractivity contribution is -0.172. The molecule has 0 radical (unpaired) electrons. The summed E-state index contributed by atoms with van der Waals surface area (Å²) in [6.07, 6.45) is 5.37. The fraction of sp³-hybridized carbons (Fsp3) is 0.500. The number of benzene rings is 1. The Bertz CT molecular complexity index is 571. The fourth-order valence-corrected chi connectivity index (χ4v) is 3.15. The minimum absolute atomic E-state index is 0.264. The molecule has 4 heteroatoms. The Morgan fingerprint density at radius 2 is 1.67 bits per heavy atom. The van der Waals surface area contributed by atoms with Crippen molar-refractivity contribution in [2.45, 2.75) is 46.0 Å². The lowest BCUT2D eigenvalue weighted by Crippen LogP contribution is -2.41. The zero-order valence-corrected chi connectivity index (χ0v) is 14.5. The first-order chi connectivity index (χ1) is 11.6. The molecule has 0 aromatic heterocycles. The maximum absolute atomic E-state index is 12.5. The monoisotopic (exact) mass is 330 g/mol. The van der Waals surface area contributed by atoms with Gasteiger partial charge in [-0.1, -0.05) is 42.0 Å². The van der Waals surface area contributed by atoms with Gasteiger partial charge in [0.15, 0.2) is 5.41 Å². The smallest absolute Gasteiger partial charge is 0.323 e. The van der Waals surface area contributed by atoms with Gasteiger partial charge in [-0.15, -0.1) is 0 Å². The molecule has 2 rings (SSSR count). The molecule has 0 saturated carbocycles. The second-order valence-corrected chi connectivity index (χ2v) is 6.11. The van der Waals surface area contributed by atoms with Gasteiger partial charge in [0, 0.05) is 0 Å². The second kappa shape index (κ2) is 8.67. The number of carbonyl (C=O) groups excluding carboxylic acids is 2. The average Bonchev–Trinajstić information content (AvgIpc) is 2.80. The highest BCUT2D eigenvalue weighted by molar-refractivity contribution is 6.00. The third-order valence-corrected chi connectivity index (χ3v) is 4.45. The molecule has 1 aromatic rings. The minimum Gasteiger partial charge on any atom is -0.465 e. The Balaban J connectivity index is 2.20. The predicted molar refractivity (Wildman–Crippen MR) is 92.4 cm³/mol. The molecule has 1 aliphatic carbocycles. The third kappa shape index (κ3) is 4.25. The second-order valence-electron chi connectivity index (χ2n) is 6.11. The molecule has 0 heterocycles. The van der Waals surface area contributed by atoms with Crippen molar-refractivity contribution in [3.8, 4) is 0 Å². The summed E-state index contributed by atoms with van der Waals surface area (Å²) in [6, 6.07) is 10.2. The maximum Gasteiger partial charge on any atom is 0.323 e. The summed E-state index contributed by atoms with van der Waals surface area (Å²) in [6.45, 7) is 4.04. The zero-order valence-electron chi connectivity index (χ0n) is 14.5. The van der Waals surface area contributed by atoms with E-state index < -0.39 is 17.4 Å². The summed E-state index contributed by atoms with van der Waals surface area (Å²) in [7, 11) is 0. The molecule has 0 N–H and O–H groups in total. The Labute approximate surface area is 143 Å². The SMILES string of the molecule is CCOC(=O)C1(C(=O)OCC)CC=C(Cc2ccccc2)CCC1. The highest BCUT2D eigenvalue weighted by Gasteiger charge is 2.48. The van der Waals surface area contributed by atoms with Crippen LogP contribution in [-0.4, -0.2) is 25.2 Å². The van der Waals surface area contributed by atoms with Crippen LogP contribution in [0, 0.1) is 5.41 Å². The van der Waals surface area contributed by atoms with E-state index in [1.807, 2.05) is 24.3 Å². The van der Waals surface area contributed by atoms with Crippen molar-refractivity contribution in [3.63, 3.8) is 0 Å². The molecule has 24 heavy (non-hydrogen) atoms. The third-order valence-electron chi connectivity index (χ3n) is 4.45. The van der Waals surface area contributed by atoms with E-state index in [0.717, 1.165) is 19.3 Å². The summed E-state index contributed by atoms with van der Waals surface area (Å²) in [5, 5.41) is 0. The van der Waals surface area contributed by atoms with Gasteiger partial charge in [-0.25, -0.2) is 0 Å². The van der Waals surface area contributed by atoms with E-state index in [2.05, 4.69) is 12.1 Å². The maximum atomic E-state index is 12.5. The molecule has 1 aliphatic rings. The van der Waals surface area contributed by atoms with Crippen LogP contribution in [0.15, 0.2) is 42.0 Å². The van der Waals surface area contributed by atoms with Crippen LogP contribution in [0.1, 0.15) is 45.1 Å². The first kappa shape index (κ1) is 18.2. The highest BCUT2D eigenvalue weighted by Crippen LogP contribution is 2.37. The van der Waals surface area contributed by atoms with Crippen molar-refractivity contribution in [2.75, 3.05) is 13.2 Å². The van der Waals surface area contributed by atoms with Gasteiger partial charge >= 0.3 is 11.9 Å². The molecule has 0 unspecified atom stereocenters. The number of rotatable bonds is 6. The lowest BCUT2D eigenvalue weighted by Gasteiger charge is -2.27. The van der Waals surface area contributed by atoms with Gasteiger partial charge in [-0.05, 0) is 51.5 Å². The van der Waals surface area contributed by atoms with E-state index in [1.54, 1.807) is 13.8 Å². The summed E-state index contributed by atoms with van der Waals surface area (Å²) < 4.78 is 10.4. The van der Waals surface area contributed by atoms with Crippen LogP contribution < -0.4 is 0 Å². The molecule has 4 nitrogen and oxygen atoms in total. The van der Waals surface area contributed by atoms with Gasteiger partial charge in [0.05, 0.1) is 13.2 Å². The Kier molecular flexibility index (Phi) is 6.59. The Morgan fingerprint density at radius 1 is 1.04 bits per heavy atom. The van der Waals surface area contributed by atoms with Crippen LogP contribution in [0.25, 0.3) is 0 Å².